The summed E-state index contributed by atoms with van der Waals surface area (Å²) in [5.74, 6) is 0.0539. The first kappa shape index (κ1) is 16.7. The van der Waals surface area contributed by atoms with E-state index in [0.29, 0.717) is 12.1 Å². The van der Waals surface area contributed by atoms with Crippen molar-refractivity contribution in [2.24, 2.45) is 0 Å². The molecule has 126 valence electrons. The van der Waals surface area contributed by atoms with Crippen molar-refractivity contribution in [3.05, 3.63) is 66.2 Å². The minimum Gasteiger partial charge on any atom is -0.324 e. The normalized spacial score (nSPS) is 20.4. The number of anilines is 1. The lowest BCUT2D eigenvalue weighted by Gasteiger charge is -2.22. The third-order valence-corrected chi connectivity index (χ3v) is 5.84. The number of para-hydroxylation sites is 1. The third kappa shape index (κ3) is 4.21. The van der Waals surface area contributed by atoms with E-state index in [1.54, 1.807) is 0 Å². The summed E-state index contributed by atoms with van der Waals surface area (Å²) in [5.41, 5.74) is 1.53. The third-order valence-electron chi connectivity index (χ3n) is 4.07. The van der Waals surface area contributed by atoms with Gasteiger partial charge in [-0.25, -0.2) is 8.42 Å². The van der Waals surface area contributed by atoms with Crippen LogP contribution in [0.3, 0.4) is 0 Å². The van der Waals surface area contributed by atoms with Gasteiger partial charge in [0.1, 0.15) is 6.04 Å². The van der Waals surface area contributed by atoms with Crippen LogP contribution in [0, 0.1) is 0 Å². The number of nitrogens with one attached hydrogen (secondary N) is 2. The molecule has 2 aromatic rings. The molecule has 1 heterocycles. The van der Waals surface area contributed by atoms with E-state index in [-0.39, 0.29) is 23.5 Å². The topological polar surface area (TPSA) is 75.3 Å². The number of benzene rings is 2. The van der Waals surface area contributed by atoms with Gasteiger partial charge in [-0.2, -0.15) is 0 Å². The van der Waals surface area contributed by atoms with Crippen LogP contribution in [0.15, 0.2) is 60.7 Å². The van der Waals surface area contributed by atoms with Crippen LogP contribution in [-0.4, -0.2) is 31.9 Å². The molecule has 0 bridgehead atoms. The molecule has 0 radical (unpaired) electrons. The van der Waals surface area contributed by atoms with E-state index in [0.717, 1.165) is 5.56 Å². The summed E-state index contributed by atoms with van der Waals surface area (Å²) in [5, 5.41) is 6.10. The van der Waals surface area contributed by atoms with Gasteiger partial charge in [-0.15, -0.1) is 0 Å². The van der Waals surface area contributed by atoms with Gasteiger partial charge in [0, 0.05) is 11.7 Å². The van der Waals surface area contributed by atoms with Gasteiger partial charge in [0.2, 0.25) is 5.91 Å². The van der Waals surface area contributed by atoms with Gasteiger partial charge in [-0.3, -0.25) is 10.1 Å². The fourth-order valence-electron chi connectivity index (χ4n) is 2.87. The first-order valence-electron chi connectivity index (χ1n) is 7.91. The van der Waals surface area contributed by atoms with Crippen LogP contribution < -0.4 is 10.6 Å². The lowest BCUT2D eigenvalue weighted by Crippen LogP contribution is -2.40. The summed E-state index contributed by atoms with van der Waals surface area (Å²) in [4.78, 5) is 12.7. The number of rotatable bonds is 5. The summed E-state index contributed by atoms with van der Waals surface area (Å²) < 4.78 is 23.4. The first-order valence-corrected chi connectivity index (χ1v) is 9.73. The van der Waals surface area contributed by atoms with Crippen LogP contribution in [0.2, 0.25) is 0 Å². The number of hydrogen-bond acceptors (Lipinski definition) is 4. The van der Waals surface area contributed by atoms with Crippen LogP contribution in [0.25, 0.3) is 0 Å². The molecule has 0 aliphatic carbocycles. The Balaban J connectivity index is 1.78. The number of carbonyl (C=O) groups is 1. The fraction of sp³-hybridized carbons (Fsp3) is 0.278. The molecule has 0 saturated carbocycles. The number of carbonyl (C=O) groups excluding carboxylic acids is 1. The van der Waals surface area contributed by atoms with E-state index < -0.39 is 15.9 Å². The smallest absolute Gasteiger partial charge is 0.246 e. The number of amides is 1. The molecule has 5 nitrogen and oxygen atoms in total. The van der Waals surface area contributed by atoms with Crippen molar-refractivity contribution in [1.29, 1.82) is 0 Å². The molecule has 0 aromatic heterocycles. The average Bonchev–Trinajstić information content (AvgIpc) is 2.93. The maximum Gasteiger partial charge on any atom is 0.246 e. The van der Waals surface area contributed by atoms with E-state index in [1.165, 1.54) is 0 Å². The van der Waals surface area contributed by atoms with E-state index in [4.69, 9.17) is 0 Å². The molecule has 6 heteroatoms. The van der Waals surface area contributed by atoms with Crippen molar-refractivity contribution in [3.63, 3.8) is 0 Å². The second kappa shape index (κ2) is 7.15. The molecule has 3 rings (SSSR count). The van der Waals surface area contributed by atoms with Crippen LogP contribution in [0.5, 0.6) is 0 Å². The van der Waals surface area contributed by atoms with Crippen LogP contribution >= 0.6 is 0 Å². The lowest BCUT2D eigenvalue weighted by atomic mass is 10.0. The molecular formula is C18H20N2O3S. The van der Waals surface area contributed by atoms with Gasteiger partial charge in [-0.1, -0.05) is 48.5 Å². The zero-order valence-corrected chi connectivity index (χ0v) is 14.0. The predicted octanol–water partition coefficient (Wildman–Crippen LogP) is 2.14. The van der Waals surface area contributed by atoms with Crippen LogP contribution in [-0.2, 0) is 14.6 Å². The molecule has 0 spiro atoms. The van der Waals surface area contributed by atoms with E-state index in [2.05, 4.69) is 10.6 Å². The number of sulfone groups is 1. The van der Waals surface area contributed by atoms with Crippen molar-refractivity contribution in [2.75, 3.05) is 16.8 Å². The molecular weight excluding hydrogens is 324 g/mol. The van der Waals surface area contributed by atoms with Gasteiger partial charge >= 0.3 is 0 Å². The Kier molecular flexibility index (Phi) is 4.97. The summed E-state index contributed by atoms with van der Waals surface area (Å²) in [6.45, 7) is 0. The molecule has 1 aliphatic heterocycles. The Morgan fingerprint density at radius 1 is 1.00 bits per heavy atom. The molecule has 2 aromatic carbocycles. The second-order valence-corrected chi connectivity index (χ2v) is 8.19. The van der Waals surface area contributed by atoms with Gasteiger partial charge in [0.25, 0.3) is 0 Å². The summed E-state index contributed by atoms with van der Waals surface area (Å²) in [7, 11) is -3.00. The van der Waals surface area contributed by atoms with Gasteiger partial charge in [0.15, 0.2) is 9.84 Å². The largest absolute Gasteiger partial charge is 0.324 e. The van der Waals surface area contributed by atoms with Crippen LogP contribution in [0.1, 0.15) is 18.0 Å². The average molecular weight is 344 g/mol. The summed E-state index contributed by atoms with van der Waals surface area (Å²) in [6, 6.07) is 17.8. The van der Waals surface area contributed by atoms with E-state index >= 15 is 0 Å². The van der Waals surface area contributed by atoms with Crippen molar-refractivity contribution < 1.29 is 13.2 Å². The zero-order chi connectivity index (χ0) is 17.0. The molecule has 1 amide bonds. The highest BCUT2D eigenvalue weighted by Gasteiger charge is 2.32. The van der Waals surface area contributed by atoms with Crippen LogP contribution in [0.4, 0.5) is 5.69 Å². The van der Waals surface area contributed by atoms with Crippen molar-refractivity contribution in [1.82, 2.24) is 5.32 Å². The fourth-order valence-corrected chi connectivity index (χ4v) is 4.55. The summed E-state index contributed by atoms with van der Waals surface area (Å²) in [6.07, 6.45) is 0.532. The Morgan fingerprint density at radius 3 is 2.21 bits per heavy atom. The Morgan fingerprint density at radius 2 is 1.62 bits per heavy atom. The Bertz CT molecular complexity index is 792. The SMILES string of the molecule is O=C(Nc1ccccc1)[C@H](N[C@@H]1CCS(=O)(=O)C1)c1ccccc1. The first-order chi connectivity index (χ1) is 11.5. The lowest BCUT2D eigenvalue weighted by molar-refractivity contribution is -0.118. The second-order valence-electron chi connectivity index (χ2n) is 5.97. The molecule has 0 unspecified atom stereocenters. The molecule has 1 fully saturated rings. The zero-order valence-electron chi connectivity index (χ0n) is 13.2. The highest BCUT2D eigenvalue weighted by Crippen LogP contribution is 2.20. The van der Waals surface area contributed by atoms with Crippen molar-refractivity contribution >= 4 is 21.4 Å². The molecule has 2 N–H and O–H groups in total. The number of hydrogen-bond donors (Lipinski definition) is 2. The molecule has 24 heavy (non-hydrogen) atoms. The monoisotopic (exact) mass is 344 g/mol. The molecule has 1 saturated heterocycles. The highest BCUT2D eigenvalue weighted by atomic mass is 32.2. The minimum atomic E-state index is -3.00. The predicted molar refractivity (Wildman–Crippen MR) is 94.4 cm³/mol. The molecule has 1 aliphatic rings. The Labute approximate surface area is 142 Å². The van der Waals surface area contributed by atoms with Gasteiger partial charge < -0.3 is 5.32 Å². The maximum absolute atomic E-state index is 12.7. The minimum absolute atomic E-state index is 0.0783. The van der Waals surface area contributed by atoms with Gasteiger partial charge in [-0.05, 0) is 24.1 Å². The van der Waals surface area contributed by atoms with E-state index in [1.807, 2.05) is 60.7 Å². The van der Waals surface area contributed by atoms with E-state index in [9.17, 15) is 13.2 Å². The highest BCUT2D eigenvalue weighted by molar-refractivity contribution is 7.91. The van der Waals surface area contributed by atoms with Crippen molar-refractivity contribution in [2.45, 2.75) is 18.5 Å². The maximum atomic E-state index is 12.7. The van der Waals surface area contributed by atoms with Crippen molar-refractivity contribution in [3.8, 4) is 0 Å². The van der Waals surface area contributed by atoms with Gasteiger partial charge in [0.05, 0.1) is 11.5 Å². The quantitative estimate of drug-likeness (QED) is 0.871. The summed E-state index contributed by atoms with van der Waals surface area (Å²) >= 11 is 0. The standard InChI is InChI=1S/C18H20N2O3S/c21-18(20-15-9-5-2-6-10-15)17(14-7-3-1-4-8-14)19-16-11-12-24(22,23)13-16/h1-10,16-17,19H,11-13H2,(H,20,21)/t16-,17-/m1/s1. The Hall–Kier alpha value is -2.18. The molecule has 2 atom stereocenters.